The van der Waals surface area contributed by atoms with E-state index < -0.39 is 17.5 Å². The number of hydrogen-bond acceptors (Lipinski definition) is 4. The number of rotatable bonds is 4. The largest absolute Gasteiger partial charge is 0.306 e. The van der Waals surface area contributed by atoms with E-state index in [4.69, 9.17) is 11.6 Å². The third-order valence-corrected chi connectivity index (χ3v) is 5.43. The molecule has 0 N–H and O–H groups in total. The highest BCUT2D eigenvalue weighted by Crippen LogP contribution is 2.32. The van der Waals surface area contributed by atoms with Crippen molar-refractivity contribution < 1.29 is 13.2 Å². The third kappa shape index (κ3) is 3.44. The van der Waals surface area contributed by atoms with Crippen LogP contribution < -0.4 is 4.90 Å². The number of imidazole rings is 1. The molecule has 3 heterocycles. The Morgan fingerprint density at radius 2 is 1.84 bits per heavy atom. The van der Waals surface area contributed by atoms with Crippen LogP contribution in [-0.2, 0) is 13.0 Å². The summed E-state index contributed by atoms with van der Waals surface area (Å²) < 4.78 is 44.7. The number of fused-ring (bicyclic) bond motifs is 1. The highest BCUT2D eigenvalue weighted by Gasteiger charge is 2.28. The van der Waals surface area contributed by atoms with Gasteiger partial charge in [-0.3, -0.25) is 0 Å². The van der Waals surface area contributed by atoms with Crippen LogP contribution in [0.25, 0.3) is 5.69 Å². The van der Waals surface area contributed by atoms with Crippen LogP contribution >= 0.6 is 11.6 Å². The Balaban J connectivity index is 1.40. The van der Waals surface area contributed by atoms with Crippen LogP contribution in [0.2, 0.25) is 5.15 Å². The van der Waals surface area contributed by atoms with Crippen LogP contribution in [0.15, 0.2) is 42.9 Å². The van der Waals surface area contributed by atoms with E-state index in [0.29, 0.717) is 36.4 Å². The molecule has 0 fully saturated rings. The quantitative estimate of drug-likeness (QED) is 0.432. The third-order valence-electron chi connectivity index (χ3n) is 5.23. The number of benzene rings is 2. The van der Waals surface area contributed by atoms with Gasteiger partial charge in [-0.2, -0.15) is 10.1 Å². The van der Waals surface area contributed by atoms with Crippen molar-refractivity contribution in [3.63, 3.8) is 0 Å². The fourth-order valence-corrected chi connectivity index (χ4v) is 3.93. The van der Waals surface area contributed by atoms with E-state index >= 15 is 0 Å². The SMILES string of the molecule is Cc1cc(Cc2nc3n(n2)CCN3c2ccc(F)c(F)c2F)ccc1-n1cnc(Cl)c1. The number of hydrogen-bond donors (Lipinski definition) is 0. The maximum atomic E-state index is 14.3. The van der Waals surface area contributed by atoms with Crippen molar-refractivity contribution in [3.05, 3.63) is 82.4 Å². The highest BCUT2D eigenvalue weighted by atomic mass is 35.5. The first-order chi connectivity index (χ1) is 14.9. The Labute approximate surface area is 180 Å². The van der Waals surface area contributed by atoms with Gasteiger partial charge in [0.2, 0.25) is 5.95 Å². The highest BCUT2D eigenvalue weighted by molar-refractivity contribution is 6.29. The number of anilines is 2. The molecule has 1 aliphatic rings. The minimum absolute atomic E-state index is 0.0595. The van der Waals surface area contributed by atoms with E-state index in [1.54, 1.807) is 17.2 Å². The Morgan fingerprint density at radius 3 is 2.58 bits per heavy atom. The first kappa shape index (κ1) is 19.6. The Bertz CT molecular complexity index is 1300. The van der Waals surface area contributed by atoms with E-state index in [2.05, 4.69) is 15.1 Å². The summed E-state index contributed by atoms with van der Waals surface area (Å²) in [7, 11) is 0. The molecule has 0 unspecified atom stereocenters. The van der Waals surface area contributed by atoms with Crippen molar-refractivity contribution in [2.24, 2.45) is 0 Å². The van der Waals surface area contributed by atoms with Crippen LogP contribution in [0.3, 0.4) is 0 Å². The fourth-order valence-electron chi connectivity index (χ4n) is 3.78. The zero-order valence-corrected chi connectivity index (χ0v) is 17.1. The number of aryl methyl sites for hydroxylation is 1. The summed E-state index contributed by atoms with van der Waals surface area (Å²) in [5.74, 6) is -2.99. The number of halogens is 4. The summed E-state index contributed by atoms with van der Waals surface area (Å²) in [4.78, 5) is 10.0. The average molecular weight is 445 g/mol. The average Bonchev–Trinajstić information content (AvgIpc) is 3.43. The van der Waals surface area contributed by atoms with Crippen LogP contribution in [-0.4, -0.2) is 30.9 Å². The minimum atomic E-state index is -1.49. The van der Waals surface area contributed by atoms with Crippen LogP contribution in [0.4, 0.5) is 24.8 Å². The van der Waals surface area contributed by atoms with E-state index in [1.807, 2.05) is 29.7 Å². The molecular formula is C21H16ClF3N6. The summed E-state index contributed by atoms with van der Waals surface area (Å²) in [5, 5.41) is 4.90. The molecular weight excluding hydrogens is 429 g/mol. The van der Waals surface area contributed by atoms with Crippen molar-refractivity contribution in [1.82, 2.24) is 24.3 Å². The number of aromatic nitrogens is 5. The molecule has 1 aliphatic heterocycles. The number of nitrogens with zero attached hydrogens (tertiary/aromatic N) is 6. The van der Waals surface area contributed by atoms with Gasteiger partial charge in [-0.25, -0.2) is 22.8 Å². The summed E-state index contributed by atoms with van der Waals surface area (Å²) >= 11 is 5.90. The molecule has 2 aromatic heterocycles. The van der Waals surface area contributed by atoms with Gasteiger partial charge in [0.15, 0.2) is 23.3 Å². The minimum Gasteiger partial charge on any atom is -0.306 e. The summed E-state index contributed by atoms with van der Waals surface area (Å²) in [6.07, 6.45) is 3.86. The molecule has 158 valence electrons. The van der Waals surface area contributed by atoms with Gasteiger partial charge in [-0.15, -0.1) is 0 Å². The normalized spacial score (nSPS) is 13.1. The van der Waals surface area contributed by atoms with Crippen molar-refractivity contribution in [2.45, 2.75) is 19.9 Å². The smallest absolute Gasteiger partial charge is 0.228 e. The second-order valence-corrected chi connectivity index (χ2v) is 7.69. The molecule has 0 radical (unpaired) electrons. The molecule has 4 aromatic rings. The Kier molecular flexibility index (Phi) is 4.70. The molecule has 0 saturated carbocycles. The summed E-state index contributed by atoms with van der Waals surface area (Å²) in [6.45, 7) is 2.83. The molecule has 10 heteroatoms. The zero-order valence-electron chi connectivity index (χ0n) is 16.4. The maximum Gasteiger partial charge on any atom is 0.228 e. The Morgan fingerprint density at radius 1 is 1.03 bits per heavy atom. The first-order valence-corrected chi connectivity index (χ1v) is 9.92. The molecule has 0 amide bonds. The molecule has 0 aliphatic carbocycles. The van der Waals surface area contributed by atoms with Crippen LogP contribution in [0.1, 0.15) is 17.0 Å². The summed E-state index contributed by atoms with van der Waals surface area (Å²) in [6, 6.07) is 8.08. The van der Waals surface area contributed by atoms with Crippen LogP contribution in [0.5, 0.6) is 0 Å². The van der Waals surface area contributed by atoms with Gasteiger partial charge in [0, 0.05) is 24.8 Å². The Hall–Kier alpha value is -3.33. The van der Waals surface area contributed by atoms with Crippen LogP contribution in [0, 0.1) is 24.4 Å². The molecule has 0 bridgehead atoms. The molecule has 5 rings (SSSR count). The van der Waals surface area contributed by atoms with Gasteiger partial charge in [0.25, 0.3) is 0 Å². The van der Waals surface area contributed by atoms with Crippen molar-refractivity contribution in [1.29, 1.82) is 0 Å². The molecule has 0 saturated heterocycles. The van der Waals surface area contributed by atoms with E-state index in [-0.39, 0.29) is 5.69 Å². The lowest BCUT2D eigenvalue weighted by Gasteiger charge is -2.16. The van der Waals surface area contributed by atoms with Gasteiger partial charge in [-0.1, -0.05) is 23.7 Å². The lowest BCUT2D eigenvalue weighted by molar-refractivity contribution is 0.447. The molecule has 31 heavy (non-hydrogen) atoms. The standard InChI is InChI=1S/C21H16ClF3N6/c1-12-8-13(2-4-15(12)29-10-17(22)26-11-29)9-18-27-21-30(6-7-31(21)28-18)16-5-3-14(23)19(24)20(16)25/h2-5,8,10-11H,6-7,9H2,1H3. The van der Waals surface area contributed by atoms with Crippen molar-refractivity contribution in [2.75, 3.05) is 11.4 Å². The zero-order chi connectivity index (χ0) is 21.7. The maximum absolute atomic E-state index is 14.3. The lowest BCUT2D eigenvalue weighted by Crippen LogP contribution is -2.17. The van der Waals surface area contributed by atoms with Gasteiger partial charge in [0.05, 0.1) is 12.2 Å². The van der Waals surface area contributed by atoms with E-state index in [0.717, 1.165) is 22.9 Å². The van der Waals surface area contributed by atoms with E-state index in [9.17, 15) is 13.2 Å². The second kappa shape index (κ2) is 7.42. The molecule has 2 aromatic carbocycles. The predicted octanol–water partition coefficient (Wildman–Crippen LogP) is 4.59. The topological polar surface area (TPSA) is 51.8 Å². The first-order valence-electron chi connectivity index (χ1n) is 9.55. The van der Waals surface area contributed by atoms with Gasteiger partial charge in [0.1, 0.15) is 11.5 Å². The van der Waals surface area contributed by atoms with Gasteiger partial charge >= 0.3 is 0 Å². The second-order valence-electron chi connectivity index (χ2n) is 7.30. The monoisotopic (exact) mass is 444 g/mol. The van der Waals surface area contributed by atoms with Crippen molar-refractivity contribution in [3.8, 4) is 5.69 Å². The van der Waals surface area contributed by atoms with Gasteiger partial charge in [-0.05, 0) is 36.2 Å². The molecule has 6 nitrogen and oxygen atoms in total. The lowest BCUT2D eigenvalue weighted by atomic mass is 10.1. The fraction of sp³-hybridized carbons (Fsp3) is 0.190. The van der Waals surface area contributed by atoms with Gasteiger partial charge < -0.3 is 9.47 Å². The summed E-state index contributed by atoms with van der Waals surface area (Å²) in [5.41, 5.74) is 2.94. The predicted molar refractivity (Wildman–Crippen MR) is 109 cm³/mol. The molecule has 0 spiro atoms. The molecule has 0 atom stereocenters. The van der Waals surface area contributed by atoms with Crippen molar-refractivity contribution >= 4 is 23.2 Å². The van der Waals surface area contributed by atoms with E-state index in [1.165, 1.54) is 11.0 Å².